The Morgan fingerprint density at radius 3 is 3.07 bits per heavy atom. The van der Waals surface area contributed by atoms with Gasteiger partial charge >= 0.3 is 0 Å². The number of nitrogens with two attached hydrogens (primary N) is 1. The van der Waals surface area contributed by atoms with Crippen LogP contribution in [0.5, 0.6) is 0 Å². The number of quaternary nitrogens is 1. The molecule has 6 heteroatoms. The Bertz CT molecular complexity index is 1030. The van der Waals surface area contributed by atoms with Crippen LogP contribution in [0.2, 0.25) is 0 Å². The van der Waals surface area contributed by atoms with Gasteiger partial charge in [-0.25, -0.2) is 4.99 Å². The molecule has 2 aromatic heterocycles. The van der Waals surface area contributed by atoms with Crippen LogP contribution in [0.25, 0.3) is 0 Å². The van der Waals surface area contributed by atoms with Crippen molar-refractivity contribution in [2.45, 2.75) is 25.8 Å². The average molecular weight is 405 g/mol. The van der Waals surface area contributed by atoms with E-state index in [1.165, 1.54) is 21.0 Å². The number of pyridine rings is 1. The minimum absolute atomic E-state index is 0.571. The molecule has 0 aliphatic carbocycles. The van der Waals surface area contributed by atoms with Crippen LogP contribution in [0, 0.1) is 6.92 Å². The van der Waals surface area contributed by atoms with Crippen molar-refractivity contribution in [2.75, 3.05) is 25.0 Å². The zero-order valence-corrected chi connectivity index (χ0v) is 17.5. The first-order valence-electron chi connectivity index (χ1n) is 10.3. The van der Waals surface area contributed by atoms with Crippen LogP contribution >= 0.6 is 11.3 Å². The highest BCUT2D eigenvalue weighted by Crippen LogP contribution is 2.39. The van der Waals surface area contributed by atoms with Crippen molar-refractivity contribution in [3.8, 4) is 0 Å². The molecule has 3 N–H and O–H groups in total. The number of nitrogens with one attached hydrogen (secondary N) is 1. The van der Waals surface area contributed by atoms with Crippen molar-refractivity contribution in [3.63, 3.8) is 0 Å². The van der Waals surface area contributed by atoms with E-state index in [2.05, 4.69) is 63.8 Å². The molecule has 0 amide bonds. The van der Waals surface area contributed by atoms with Crippen LogP contribution in [0.15, 0.2) is 59.9 Å². The van der Waals surface area contributed by atoms with Crippen molar-refractivity contribution in [3.05, 3.63) is 70.9 Å². The summed E-state index contributed by atoms with van der Waals surface area (Å²) < 4.78 is 0. The first kappa shape index (κ1) is 18.3. The van der Waals surface area contributed by atoms with E-state index >= 15 is 0 Å². The Morgan fingerprint density at radius 1 is 1.24 bits per heavy atom. The highest BCUT2D eigenvalue weighted by atomic mass is 32.1. The van der Waals surface area contributed by atoms with Crippen LogP contribution < -0.4 is 10.6 Å². The number of para-hydroxylation sites is 2. The molecule has 3 aromatic rings. The molecule has 1 fully saturated rings. The van der Waals surface area contributed by atoms with E-state index in [1.807, 2.05) is 29.8 Å². The lowest BCUT2D eigenvalue weighted by atomic mass is 10.0. The van der Waals surface area contributed by atoms with E-state index in [-0.39, 0.29) is 0 Å². The Balaban J connectivity index is 1.40. The van der Waals surface area contributed by atoms with Crippen LogP contribution in [0.4, 0.5) is 16.4 Å². The number of hydrogen-bond acceptors (Lipinski definition) is 5. The molecule has 0 bridgehead atoms. The number of piperazine rings is 1. The fraction of sp³-hybridized carbons (Fsp3) is 0.304. The molecule has 5 nitrogen and oxygen atoms in total. The third kappa shape index (κ3) is 3.91. The number of thiophene rings is 1. The fourth-order valence-corrected chi connectivity index (χ4v) is 5.12. The maximum Gasteiger partial charge on any atom is 0.140 e. The van der Waals surface area contributed by atoms with E-state index < -0.39 is 0 Å². The largest absolute Gasteiger partial charge is 0.345 e. The Hall–Kier alpha value is -2.70. The van der Waals surface area contributed by atoms with Crippen LogP contribution in [0.3, 0.4) is 0 Å². The fourth-order valence-electron chi connectivity index (χ4n) is 4.20. The number of aryl methyl sites for hydroxylation is 2. The summed E-state index contributed by atoms with van der Waals surface area (Å²) in [4.78, 5) is 13.2. The third-order valence-corrected chi connectivity index (χ3v) is 6.62. The number of amidine groups is 1. The molecule has 1 aromatic carbocycles. The molecular weight excluding hydrogens is 378 g/mol. The number of rotatable bonds is 3. The number of aromatic nitrogens is 1. The first-order chi connectivity index (χ1) is 14.3. The van der Waals surface area contributed by atoms with Gasteiger partial charge in [0.15, 0.2) is 0 Å². The summed E-state index contributed by atoms with van der Waals surface area (Å²) in [6.45, 7) is 5.32. The summed E-state index contributed by atoms with van der Waals surface area (Å²) in [6.07, 6.45) is 6.05. The van der Waals surface area contributed by atoms with Gasteiger partial charge in [0.25, 0.3) is 0 Å². The van der Waals surface area contributed by atoms with Crippen molar-refractivity contribution in [1.82, 2.24) is 9.88 Å². The van der Waals surface area contributed by atoms with E-state index in [9.17, 15) is 0 Å². The van der Waals surface area contributed by atoms with Gasteiger partial charge in [-0.15, -0.1) is 11.3 Å². The predicted molar refractivity (Wildman–Crippen MR) is 120 cm³/mol. The SMILES string of the molecule is Cc1cc2c(s1)Nc1ccccc1N=C2N1CC[NH2+][C@@H](CCc2cccnc2)C1. The summed E-state index contributed by atoms with van der Waals surface area (Å²) in [5.74, 6) is 1.11. The van der Waals surface area contributed by atoms with Crippen LogP contribution in [-0.4, -0.2) is 41.4 Å². The number of hydrogen-bond donors (Lipinski definition) is 2. The lowest BCUT2D eigenvalue weighted by Gasteiger charge is -2.33. The number of anilines is 2. The summed E-state index contributed by atoms with van der Waals surface area (Å²) >= 11 is 1.81. The standard InChI is InChI=1S/C23H25N5S/c1-16-13-19-22(26-20-6-2-3-7-21(20)27-23(19)29-16)28-12-11-25-18(15-28)9-8-17-5-4-10-24-14-17/h2-7,10,13-14,18,25,27H,8-9,11-12,15H2,1H3/p+1/t18-/m0/s1. The minimum Gasteiger partial charge on any atom is -0.345 e. The first-order valence-corrected chi connectivity index (χ1v) is 11.1. The molecule has 148 valence electrons. The molecule has 29 heavy (non-hydrogen) atoms. The highest BCUT2D eigenvalue weighted by molar-refractivity contribution is 7.16. The van der Waals surface area contributed by atoms with Crippen LogP contribution in [-0.2, 0) is 6.42 Å². The smallest absolute Gasteiger partial charge is 0.140 e. The van der Waals surface area contributed by atoms with Gasteiger partial charge in [-0.1, -0.05) is 18.2 Å². The maximum absolute atomic E-state index is 5.13. The van der Waals surface area contributed by atoms with Crippen LogP contribution in [0.1, 0.15) is 22.4 Å². The summed E-state index contributed by atoms with van der Waals surface area (Å²) in [5.41, 5.74) is 4.66. The van der Waals surface area contributed by atoms with Gasteiger partial charge in [0.05, 0.1) is 36.6 Å². The van der Waals surface area contributed by atoms with Gasteiger partial charge in [0, 0.05) is 23.7 Å². The monoisotopic (exact) mass is 404 g/mol. The second kappa shape index (κ2) is 7.97. The second-order valence-electron chi connectivity index (χ2n) is 7.81. The molecular formula is C23H26N5S+. The lowest BCUT2D eigenvalue weighted by Crippen LogP contribution is -2.95. The third-order valence-electron chi connectivity index (χ3n) is 5.65. The molecule has 1 saturated heterocycles. The number of fused-ring (bicyclic) bond motifs is 2. The Kier molecular flexibility index (Phi) is 5.04. The molecule has 5 rings (SSSR count). The van der Waals surface area contributed by atoms with Gasteiger partial charge < -0.3 is 15.5 Å². The van der Waals surface area contributed by atoms with Gasteiger partial charge in [-0.3, -0.25) is 4.98 Å². The van der Waals surface area contributed by atoms with Crippen molar-refractivity contribution >= 4 is 33.5 Å². The van der Waals surface area contributed by atoms with Gasteiger partial charge in [0.1, 0.15) is 16.9 Å². The molecule has 0 spiro atoms. The number of aliphatic imine (C=N–C) groups is 1. The summed E-state index contributed by atoms with van der Waals surface area (Å²) in [6, 6.07) is 15.4. The maximum atomic E-state index is 5.13. The number of nitrogens with zero attached hydrogens (tertiary/aromatic N) is 3. The zero-order valence-electron chi connectivity index (χ0n) is 16.6. The molecule has 1 atom stereocenters. The van der Waals surface area contributed by atoms with Crippen molar-refractivity contribution in [1.29, 1.82) is 0 Å². The van der Waals surface area contributed by atoms with Crippen molar-refractivity contribution < 1.29 is 5.32 Å². The number of benzene rings is 1. The minimum atomic E-state index is 0.571. The molecule has 0 radical (unpaired) electrons. The van der Waals surface area contributed by atoms with Gasteiger partial charge in [0.2, 0.25) is 0 Å². The van der Waals surface area contributed by atoms with E-state index in [1.54, 1.807) is 0 Å². The van der Waals surface area contributed by atoms with Crippen molar-refractivity contribution in [2.24, 2.45) is 4.99 Å². The Labute approximate surface area is 175 Å². The van der Waals surface area contributed by atoms with E-state index in [0.717, 1.165) is 49.7 Å². The van der Waals surface area contributed by atoms with E-state index in [4.69, 9.17) is 4.99 Å². The van der Waals surface area contributed by atoms with Gasteiger partial charge in [-0.2, -0.15) is 0 Å². The summed E-state index contributed by atoms with van der Waals surface area (Å²) in [5, 5.41) is 7.31. The summed E-state index contributed by atoms with van der Waals surface area (Å²) in [7, 11) is 0. The molecule has 4 heterocycles. The molecule has 0 unspecified atom stereocenters. The lowest BCUT2D eigenvalue weighted by molar-refractivity contribution is -0.697. The Morgan fingerprint density at radius 2 is 2.17 bits per heavy atom. The molecule has 2 aliphatic heterocycles. The normalized spacial score (nSPS) is 18.3. The highest BCUT2D eigenvalue weighted by Gasteiger charge is 2.29. The topological polar surface area (TPSA) is 57.1 Å². The average Bonchev–Trinajstić information content (AvgIpc) is 3.04. The van der Waals surface area contributed by atoms with E-state index in [0.29, 0.717) is 6.04 Å². The zero-order chi connectivity index (χ0) is 19.6. The predicted octanol–water partition coefficient (Wildman–Crippen LogP) is 3.47. The molecule has 2 aliphatic rings. The van der Waals surface area contributed by atoms with Gasteiger partial charge in [-0.05, 0) is 43.2 Å². The quantitative estimate of drug-likeness (QED) is 0.703. The molecule has 0 saturated carbocycles. The second-order valence-corrected chi connectivity index (χ2v) is 9.06.